The first-order valence-electron chi connectivity index (χ1n) is 14.8. The van der Waals surface area contributed by atoms with Crippen LogP contribution in [0.4, 0.5) is 8.78 Å². The summed E-state index contributed by atoms with van der Waals surface area (Å²) in [6, 6.07) is 3.96. The molecule has 4 heterocycles. The number of nitrogens with one attached hydrogen (secondary N) is 1. The Morgan fingerprint density at radius 2 is 1.57 bits per heavy atom. The molecule has 1 N–H and O–H groups in total. The number of aromatic nitrogens is 2. The van der Waals surface area contributed by atoms with Gasteiger partial charge < -0.3 is 10.2 Å². The fourth-order valence-electron chi connectivity index (χ4n) is 7.00. The summed E-state index contributed by atoms with van der Waals surface area (Å²) in [6.45, 7) is 6.25. The number of rotatable bonds is 9. The van der Waals surface area contributed by atoms with Crippen molar-refractivity contribution in [3.63, 3.8) is 0 Å². The molecule has 1 atom stereocenters. The third-order valence-electron chi connectivity index (χ3n) is 9.34. The standard InChI is InChI=1S/C29H43F2N5O3S/c1-40(38,39)35-14-4-23(5-15-35)28(24-18-25(30)20-26(31)19-24)8-13-33-11-6-27(7-12-33)36-17-16-34(29(36)37)21-22-2-9-32-10-3-22/h16-20,22-23,27-28,32H,2-15,21H2,1H3/t28-/m1/s1. The summed E-state index contributed by atoms with van der Waals surface area (Å²) >= 11 is 0. The Balaban J connectivity index is 1.18. The van der Waals surface area contributed by atoms with E-state index in [1.165, 1.54) is 22.7 Å². The zero-order valence-corrected chi connectivity index (χ0v) is 24.3. The Bertz CT molecular complexity index is 1270. The molecule has 0 saturated carbocycles. The summed E-state index contributed by atoms with van der Waals surface area (Å²) in [7, 11) is -3.24. The van der Waals surface area contributed by atoms with E-state index in [1.807, 2.05) is 21.5 Å². The molecule has 1 aromatic carbocycles. The quantitative estimate of drug-likeness (QED) is 0.493. The van der Waals surface area contributed by atoms with Gasteiger partial charge >= 0.3 is 5.69 Å². The maximum Gasteiger partial charge on any atom is 0.328 e. The molecule has 3 aliphatic rings. The lowest BCUT2D eigenvalue weighted by Gasteiger charge is -2.37. The highest BCUT2D eigenvalue weighted by Gasteiger charge is 2.32. The number of imidazole rings is 1. The zero-order valence-electron chi connectivity index (χ0n) is 23.5. The van der Waals surface area contributed by atoms with Crippen molar-refractivity contribution in [2.45, 2.75) is 63.5 Å². The molecule has 40 heavy (non-hydrogen) atoms. The normalized spacial score (nSPS) is 22.1. The van der Waals surface area contributed by atoms with Crippen molar-refractivity contribution in [1.29, 1.82) is 0 Å². The molecule has 3 saturated heterocycles. The van der Waals surface area contributed by atoms with Gasteiger partial charge in [0.2, 0.25) is 10.0 Å². The summed E-state index contributed by atoms with van der Waals surface area (Å²) < 4.78 is 57.6. The zero-order chi connectivity index (χ0) is 28.3. The highest BCUT2D eigenvalue weighted by molar-refractivity contribution is 7.88. The fourth-order valence-corrected chi connectivity index (χ4v) is 7.88. The van der Waals surface area contributed by atoms with Crippen LogP contribution < -0.4 is 11.0 Å². The topological polar surface area (TPSA) is 79.6 Å². The number of hydrogen-bond acceptors (Lipinski definition) is 5. The minimum absolute atomic E-state index is 0.0451. The van der Waals surface area contributed by atoms with Crippen molar-refractivity contribution in [2.24, 2.45) is 11.8 Å². The molecule has 3 aliphatic heterocycles. The fraction of sp³-hybridized carbons (Fsp3) is 0.690. The molecule has 1 aromatic heterocycles. The monoisotopic (exact) mass is 579 g/mol. The Morgan fingerprint density at radius 1 is 0.925 bits per heavy atom. The Hall–Kier alpha value is -2.08. The summed E-state index contributed by atoms with van der Waals surface area (Å²) in [5, 5.41) is 3.38. The van der Waals surface area contributed by atoms with Gasteiger partial charge in [-0.2, -0.15) is 0 Å². The molecular weight excluding hydrogens is 536 g/mol. The van der Waals surface area contributed by atoms with Gasteiger partial charge in [-0.3, -0.25) is 9.13 Å². The van der Waals surface area contributed by atoms with Gasteiger partial charge in [-0.05, 0) is 100 Å². The third-order valence-corrected chi connectivity index (χ3v) is 10.6. The van der Waals surface area contributed by atoms with Crippen LogP contribution in [0.15, 0.2) is 35.4 Å². The van der Waals surface area contributed by atoms with E-state index >= 15 is 0 Å². The lowest BCUT2D eigenvalue weighted by Crippen LogP contribution is -2.41. The van der Waals surface area contributed by atoms with E-state index in [9.17, 15) is 22.0 Å². The van der Waals surface area contributed by atoms with E-state index in [0.29, 0.717) is 37.4 Å². The van der Waals surface area contributed by atoms with E-state index in [1.54, 1.807) is 0 Å². The summed E-state index contributed by atoms with van der Waals surface area (Å²) in [5.74, 6) is -0.486. The van der Waals surface area contributed by atoms with Crippen LogP contribution in [0.5, 0.6) is 0 Å². The second-order valence-corrected chi connectivity index (χ2v) is 14.0. The van der Waals surface area contributed by atoms with Crippen LogP contribution in [-0.2, 0) is 16.6 Å². The molecule has 0 spiro atoms. The van der Waals surface area contributed by atoms with E-state index < -0.39 is 21.7 Å². The smallest absolute Gasteiger partial charge is 0.317 e. The molecule has 2 aromatic rings. The Kier molecular flexibility index (Phi) is 9.44. The highest BCUT2D eigenvalue weighted by atomic mass is 32.2. The molecule has 0 bridgehead atoms. The summed E-state index contributed by atoms with van der Waals surface area (Å²) in [5.41, 5.74) is 0.748. The highest BCUT2D eigenvalue weighted by Crippen LogP contribution is 2.37. The molecule has 0 amide bonds. The first-order chi connectivity index (χ1) is 19.2. The number of piperidine rings is 3. The van der Waals surface area contributed by atoms with Crippen LogP contribution in [0.3, 0.4) is 0 Å². The van der Waals surface area contributed by atoms with E-state index in [0.717, 1.165) is 77.4 Å². The van der Waals surface area contributed by atoms with Crippen LogP contribution in [0.2, 0.25) is 0 Å². The summed E-state index contributed by atoms with van der Waals surface area (Å²) in [6.07, 6.45) is 11.2. The predicted octanol–water partition coefficient (Wildman–Crippen LogP) is 3.41. The van der Waals surface area contributed by atoms with Gasteiger partial charge in [0.1, 0.15) is 11.6 Å². The summed E-state index contributed by atoms with van der Waals surface area (Å²) in [4.78, 5) is 15.5. The van der Waals surface area contributed by atoms with Crippen molar-refractivity contribution in [1.82, 2.24) is 23.7 Å². The van der Waals surface area contributed by atoms with Gasteiger partial charge in [0.05, 0.1) is 6.26 Å². The molecule has 0 aliphatic carbocycles. The largest absolute Gasteiger partial charge is 0.328 e. The van der Waals surface area contributed by atoms with Crippen molar-refractivity contribution < 1.29 is 17.2 Å². The molecule has 0 radical (unpaired) electrons. The SMILES string of the molecule is CS(=O)(=O)N1CCC([C@@H](CCN2CCC(n3ccn(CC4CCNCC4)c3=O)CC2)c2cc(F)cc(F)c2)CC1. The van der Waals surface area contributed by atoms with Crippen molar-refractivity contribution in [3.05, 3.63) is 58.3 Å². The maximum atomic E-state index is 14.2. The number of hydrogen-bond donors (Lipinski definition) is 1. The van der Waals surface area contributed by atoms with E-state index in [2.05, 4.69) is 10.2 Å². The number of sulfonamides is 1. The average Bonchev–Trinajstić information content (AvgIpc) is 3.28. The van der Waals surface area contributed by atoms with Gasteiger partial charge in [0.15, 0.2) is 0 Å². The van der Waals surface area contributed by atoms with Crippen LogP contribution >= 0.6 is 0 Å². The first-order valence-corrected chi connectivity index (χ1v) is 16.6. The number of likely N-dealkylation sites (tertiary alicyclic amines) is 1. The van der Waals surface area contributed by atoms with Crippen LogP contribution in [0, 0.1) is 23.5 Å². The molecule has 11 heteroatoms. The van der Waals surface area contributed by atoms with Crippen LogP contribution in [0.1, 0.15) is 62.5 Å². The lowest BCUT2D eigenvalue weighted by molar-refractivity contribution is 0.166. The molecule has 8 nitrogen and oxygen atoms in total. The first kappa shape index (κ1) is 29.4. The second-order valence-electron chi connectivity index (χ2n) is 12.0. The number of nitrogens with zero attached hydrogens (tertiary/aromatic N) is 4. The molecule has 3 fully saturated rings. The Morgan fingerprint density at radius 3 is 2.20 bits per heavy atom. The van der Waals surface area contributed by atoms with Gasteiger partial charge in [-0.1, -0.05) is 0 Å². The van der Waals surface area contributed by atoms with Gasteiger partial charge in [-0.15, -0.1) is 0 Å². The maximum absolute atomic E-state index is 14.2. The number of halogens is 2. The van der Waals surface area contributed by atoms with Crippen LogP contribution in [-0.4, -0.2) is 78.8 Å². The lowest BCUT2D eigenvalue weighted by atomic mass is 9.78. The molecular formula is C29H43F2N5O3S. The third kappa shape index (κ3) is 7.21. The van der Waals surface area contributed by atoms with Crippen molar-refractivity contribution in [3.8, 4) is 0 Å². The minimum atomic E-state index is -3.24. The van der Waals surface area contributed by atoms with Crippen LogP contribution in [0.25, 0.3) is 0 Å². The van der Waals surface area contributed by atoms with Crippen molar-refractivity contribution in [2.75, 3.05) is 52.1 Å². The van der Waals surface area contributed by atoms with Crippen molar-refractivity contribution >= 4 is 10.0 Å². The minimum Gasteiger partial charge on any atom is -0.317 e. The number of benzene rings is 1. The average molecular weight is 580 g/mol. The van der Waals surface area contributed by atoms with E-state index in [4.69, 9.17) is 0 Å². The van der Waals surface area contributed by atoms with Gasteiger partial charge in [0.25, 0.3) is 0 Å². The molecule has 5 rings (SSSR count). The Labute approximate surface area is 236 Å². The molecule has 0 unspecified atom stereocenters. The van der Waals surface area contributed by atoms with Gasteiger partial charge in [-0.25, -0.2) is 26.3 Å². The predicted molar refractivity (Wildman–Crippen MR) is 152 cm³/mol. The second kappa shape index (κ2) is 12.8. The van der Waals surface area contributed by atoms with E-state index in [-0.39, 0.29) is 23.6 Å². The molecule has 222 valence electrons. The van der Waals surface area contributed by atoms with Gasteiger partial charge in [0, 0.05) is 57.2 Å².